The molecule has 1 fully saturated rings. The van der Waals surface area contributed by atoms with E-state index in [4.69, 9.17) is 4.74 Å². The predicted molar refractivity (Wildman–Crippen MR) is 98.8 cm³/mol. The second kappa shape index (κ2) is 7.11. The normalized spacial score (nSPS) is 17.7. The number of halogens is 1. The minimum absolute atomic E-state index is 0.207. The molecule has 1 aromatic carbocycles. The second-order valence-electron chi connectivity index (χ2n) is 6.79. The van der Waals surface area contributed by atoms with E-state index in [0.717, 1.165) is 0 Å². The number of amides is 1. The number of nitrogens with zero attached hydrogens (tertiary/aromatic N) is 3. The number of hydrogen-bond acceptors (Lipinski definition) is 5. The van der Waals surface area contributed by atoms with Crippen molar-refractivity contribution in [3.05, 3.63) is 51.8 Å². The fourth-order valence-electron chi connectivity index (χ4n) is 3.59. The highest BCUT2D eigenvalue weighted by molar-refractivity contribution is 5.99. The molecule has 1 saturated heterocycles. The SMILES string of the molecule is CC(C(=O)N1CCc2c(F)cccc21)c1nc(N2CCOCC2)cc(=O)[nH]1. The Balaban J connectivity index is 1.61. The fourth-order valence-corrected chi connectivity index (χ4v) is 3.59. The Kier molecular flexibility index (Phi) is 4.65. The van der Waals surface area contributed by atoms with Crippen molar-refractivity contribution < 1.29 is 13.9 Å². The van der Waals surface area contributed by atoms with Crippen LogP contribution >= 0.6 is 0 Å². The van der Waals surface area contributed by atoms with Gasteiger partial charge in [0, 0.05) is 37.0 Å². The summed E-state index contributed by atoms with van der Waals surface area (Å²) in [6.07, 6.45) is 0.484. The number of anilines is 2. The zero-order valence-corrected chi connectivity index (χ0v) is 15.1. The summed E-state index contributed by atoms with van der Waals surface area (Å²) in [6, 6.07) is 6.19. The molecule has 1 unspecified atom stereocenters. The van der Waals surface area contributed by atoms with Crippen molar-refractivity contribution in [3.8, 4) is 0 Å². The predicted octanol–water partition coefficient (Wildman–Crippen LogP) is 1.44. The summed E-state index contributed by atoms with van der Waals surface area (Å²) in [5.41, 5.74) is 0.856. The third kappa shape index (κ3) is 3.32. The first kappa shape index (κ1) is 17.7. The smallest absolute Gasteiger partial charge is 0.253 e. The molecule has 27 heavy (non-hydrogen) atoms. The number of carbonyl (C=O) groups is 1. The van der Waals surface area contributed by atoms with Gasteiger partial charge in [0.1, 0.15) is 17.5 Å². The molecule has 1 amide bonds. The first-order valence-corrected chi connectivity index (χ1v) is 9.07. The highest BCUT2D eigenvalue weighted by Crippen LogP contribution is 2.32. The van der Waals surface area contributed by atoms with Gasteiger partial charge in [-0.2, -0.15) is 0 Å². The number of nitrogens with one attached hydrogen (secondary N) is 1. The van der Waals surface area contributed by atoms with Gasteiger partial charge < -0.3 is 19.5 Å². The largest absolute Gasteiger partial charge is 0.378 e. The summed E-state index contributed by atoms with van der Waals surface area (Å²) in [4.78, 5) is 35.9. The van der Waals surface area contributed by atoms with Crippen LogP contribution in [-0.4, -0.2) is 48.7 Å². The Morgan fingerprint density at radius 1 is 1.30 bits per heavy atom. The van der Waals surface area contributed by atoms with Crippen molar-refractivity contribution >= 4 is 17.4 Å². The first-order chi connectivity index (χ1) is 13.0. The lowest BCUT2D eigenvalue weighted by Gasteiger charge is -2.28. The molecule has 2 aliphatic heterocycles. The van der Waals surface area contributed by atoms with E-state index in [0.29, 0.717) is 62.2 Å². The van der Waals surface area contributed by atoms with E-state index >= 15 is 0 Å². The van der Waals surface area contributed by atoms with Gasteiger partial charge in [0.15, 0.2) is 0 Å². The van der Waals surface area contributed by atoms with Crippen LogP contribution in [0.4, 0.5) is 15.9 Å². The molecule has 0 radical (unpaired) electrons. The molecule has 1 atom stereocenters. The van der Waals surface area contributed by atoms with Crippen molar-refractivity contribution in [1.82, 2.24) is 9.97 Å². The van der Waals surface area contributed by atoms with Gasteiger partial charge in [-0.05, 0) is 25.5 Å². The summed E-state index contributed by atoms with van der Waals surface area (Å²) in [5.74, 6) is -0.283. The lowest BCUT2D eigenvalue weighted by Crippen LogP contribution is -2.38. The number of benzene rings is 1. The Morgan fingerprint density at radius 2 is 2.07 bits per heavy atom. The summed E-state index contributed by atoms with van der Waals surface area (Å²) >= 11 is 0. The van der Waals surface area contributed by atoms with Crippen LogP contribution in [-0.2, 0) is 16.0 Å². The van der Waals surface area contributed by atoms with Crippen LogP contribution in [0.5, 0.6) is 0 Å². The summed E-state index contributed by atoms with van der Waals surface area (Å²) in [6.45, 7) is 4.59. The third-order valence-electron chi connectivity index (χ3n) is 5.10. The van der Waals surface area contributed by atoms with Crippen molar-refractivity contribution in [2.75, 3.05) is 42.6 Å². The molecular weight excluding hydrogens is 351 g/mol. The van der Waals surface area contributed by atoms with Gasteiger partial charge >= 0.3 is 0 Å². The number of aromatic amines is 1. The van der Waals surface area contributed by atoms with Crippen LogP contribution in [0.25, 0.3) is 0 Å². The molecule has 2 aliphatic rings. The molecule has 7 nitrogen and oxygen atoms in total. The van der Waals surface area contributed by atoms with Gasteiger partial charge in [-0.1, -0.05) is 6.07 Å². The summed E-state index contributed by atoms with van der Waals surface area (Å²) in [5, 5.41) is 0. The molecule has 0 bridgehead atoms. The highest BCUT2D eigenvalue weighted by Gasteiger charge is 2.31. The maximum atomic E-state index is 13.9. The zero-order chi connectivity index (χ0) is 19.0. The van der Waals surface area contributed by atoms with Gasteiger partial charge in [-0.25, -0.2) is 9.37 Å². The van der Waals surface area contributed by atoms with Gasteiger partial charge in [0.25, 0.3) is 5.56 Å². The third-order valence-corrected chi connectivity index (χ3v) is 5.10. The molecule has 3 heterocycles. The number of H-pyrrole nitrogens is 1. The molecule has 0 aliphatic carbocycles. The number of morpholine rings is 1. The minimum atomic E-state index is -0.645. The molecule has 0 saturated carbocycles. The van der Waals surface area contributed by atoms with Crippen molar-refractivity contribution in [1.29, 1.82) is 0 Å². The van der Waals surface area contributed by atoms with Crippen molar-refractivity contribution in [3.63, 3.8) is 0 Å². The van der Waals surface area contributed by atoms with E-state index in [1.807, 2.05) is 4.90 Å². The van der Waals surface area contributed by atoms with Crippen LogP contribution in [0.15, 0.2) is 29.1 Å². The van der Waals surface area contributed by atoms with E-state index in [1.165, 1.54) is 12.1 Å². The Hall–Kier alpha value is -2.74. The minimum Gasteiger partial charge on any atom is -0.378 e. The maximum absolute atomic E-state index is 13.9. The summed E-state index contributed by atoms with van der Waals surface area (Å²) in [7, 11) is 0. The van der Waals surface area contributed by atoms with E-state index in [2.05, 4.69) is 9.97 Å². The molecule has 8 heteroatoms. The molecule has 2 aromatic rings. The van der Waals surface area contributed by atoms with E-state index < -0.39 is 5.92 Å². The Morgan fingerprint density at radius 3 is 2.85 bits per heavy atom. The quantitative estimate of drug-likeness (QED) is 0.882. The maximum Gasteiger partial charge on any atom is 0.253 e. The molecule has 4 rings (SSSR count). The second-order valence-corrected chi connectivity index (χ2v) is 6.79. The van der Waals surface area contributed by atoms with E-state index in [-0.39, 0.29) is 17.3 Å². The Bertz CT molecular complexity index is 923. The molecule has 142 valence electrons. The van der Waals surface area contributed by atoms with Gasteiger partial charge in [-0.3, -0.25) is 9.59 Å². The number of aromatic nitrogens is 2. The standard InChI is InChI=1S/C19H21FN4O3/c1-12(19(26)24-6-5-13-14(20)3-2-4-15(13)24)18-21-16(11-17(25)22-18)23-7-9-27-10-8-23/h2-4,11-12H,5-10H2,1H3,(H,21,22,25). The lowest BCUT2D eigenvalue weighted by molar-refractivity contribution is -0.119. The average molecular weight is 372 g/mol. The van der Waals surface area contributed by atoms with Crippen molar-refractivity contribution in [2.24, 2.45) is 0 Å². The monoisotopic (exact) mass is 372 g/mol. The number of ether oxygens (including phenoxy) is 1. The lowest BCUT2D eigenvalue weighted by atomic mass is 10.1. The average Bonchev–Trinajstić information content (AvgIpc) is 3.12. The number of hydrogen-bond donors (Lipinski definition) is 1. The van der Waals surface area contributed by atoms with Gasteiger partial charge in [0.2, 0.25) is 5.91 Å². The van der Waals surface area contributed by atoms with Crippen molar-refractivity contribution in [2.45, 2.75) is 19.3 Å². The number of fused-ring (bicyclic) bond motifs is 1. The molecule has 0 spiro atoms. The van der Waals surface area contributed by atoms with Crippen LogP contribution in [0.3, 0.4) is 0 Å². The first-order valence-electron chi connectivity index (χ1n) is 9.07. The molecular formula is C19H21FN4O3. The Labute approximate surface area is 155 Å². The molecule has 1 N–H and O–H groups in total. The van der Waals surface area contributed by atoms with Crippen LogP contribution in [0.2, 0.25) is 0 Å². The zero-order valence-electron chi connectivity index (χ0n) is 15.1. The molecule has 1 aromatic heterocycles. The van der Waals surface area contributed by atoms with E-state index in [1.54, 1.807) is 24.0 Å². The fraction of sp³-hybridized carbons (Fsp3) is 0.421. The number of rotatable bonds is 3. The van der Waals surface area contributed by atoms with Crippen LogP contribution in [0, 0.1) is 5.82 Å². The van der Waals surface area contributed by atoms with Gasteiger partial charge in [0.05, 0.1) is 19.1 Å². The van der Waals surface area contributed by atoms with Crippen LogP contribution in [0.1, 0.15) is 24.2 Å². The van der Waals surface area contributed by atoms with E-state index in [9.17, 15) is 14.0 Å². The topological polar surface area (TPSA) is 78.5 Å². The van der Waals surface area contributed by atoms with Crippen LogP contribution < -0.4 is 15.4 Å². The highest BCUT2D eigenvalue weighted by atomic mass is 19.1. The summed E-state index contributed by atoms with van der Waals surface area (Å²) < 4.78 is 19.3. The number of carbonyl (C=O) groups excluding carboxylic acids is 1. The van der Waals surface area contributed by atoms with Gasteiger partial charge in [-0.15, -0.1) is 0 Å².